The number of rotatable bonds is 12. The second-order valence-electron chi connectivity index (χ2n) is 10.5. The molecular formula is C35H37N3O5. The number of benzene rings is 4. The lowest BCUT2D eigenvalue weighted by Gasteiger charge is -2.16. The molecule has 8 heteroatoms. The largest absolute Gasteiger partial charge is 0.506 e. The summed E-state index contributed by atoms with van der Waals surface area (Å²) in [5.74, 6) is 1.31. The summed E-state index contributed by atoms with van der Waals surface area (Å²) in [5, 5.41) is 20.0. The highest BCUT2D eigenvalue weighted by Gasteiger charge is 2.23. The number of amides is 1. The number of fused-ring (bicyclic) bond motifs is 1. The van der Waals surface area contributed by atoms with Crippen LogP contribution in [-0.4, -0.2) is 41.1 Å². The normalized spacial score (nSPS) is 11.1. The van der Waals surface area contributed by atoms with Crippen molar-refractivity contribution in [2.75, 3.05) is 20.3 Å². The molecule has 0 aliphatic rings. The van der Waals surface area contributed by atoms with Gasteiger partial charge in [-0.15, -0.1) is 0 Å². The summed E-state index contributed by atoms with van der Waals surface area (Å²) in [4.78, 5) is 13.3. The molecular weight excluding hydrogens is 542 g/mol. The fourth-order valence-corrected chi connectivity index (χ4v) is 5.05. The van der Waals surface area contributed by atoms with E-state index in [1.54, 1.807) is 23.9 Å². The van der Waals surface area contributed by atoms with Gasteiger partial charge in [-0.3, -0.25) is 4.79 Å². The minimum atomic E-state index is -0.381. The number of unbranched alkanes of at least 4 members (excludes halogenated alkanes) is 1. The van der Waals surface area contributed by atoms with Crippen LogP contribution in [0, 0.1) is 20.8 Å². The molecule has 43 heavy (non-hydrogen) atoms. The molecule has 5 aromatic rings. The van der Waals surface area contributed by atoms with E-state index in [2.05, 4.69) is 18.3 Å². The molecule has 0 spiro atoms. The number of ether oxygens (including phenoxy) is 3. The predicted octanol–water partition coefficient (Wildman–Crippen LogP) is 7.18. The van der Waals surface area contributed by atoms with E-state index in [0.29, 0.717) is 42.2 Å². The van der Waals surface area contributed by atoms with Crippen molar-refractivity contribution < 1.29 is 24.1 Å². The molecule has 1 heterocycles. The zero-order valence-electron chi connectivity index (χ0n) is 25.0. The molecule has 0 radical (unpaired) electrons. The molecule has 8 nitrogen and oxygen atoms in total. The summed E-state index contributed by atoms with van der Waals surface area (Å²) in [6.07, 6.45) is 1.50. The molecule has 5 rings (SSSR count). The molecule has 1 amide bonds. The van der Waals surface area contributed by atoms with Crippen LogP contribution < -0.4 is 14.8 Å². The van der Waals surface area contributed by atoms with E-state index in [9.17, 15) is 9.90 Å². The van der Waals surface area contributed by atoms with E-state index in [4.69, 9.17) is 19.3 Å². The highest BCUT2D eigenvalue weighted by atomic mass is 16.5. The van der Waals surface area contributed by atoms with Gasteiger partial charge >= 0.3 is 0 Å². The molecule has 0 unspecified atom stereocenters. The van der Waals surface area contributed by atoms with Gasteiger partial charge in [-0.25, -0.2) is 4.68 Å². The smallest absolute Gasteiger partial charge is 0.255 e. The Hall–Kier alpha value is -4.82. The summed E-state index contributed by atoms with van der Waals surface area (Å²) in [5.41, 5.74) is 4.82. The Morgan fingerprint density at radius 3 is 2.40 bits per heavy atom. The van der Waals surface area contributed by atoms with E-state index in [1.165, 1.54) is 5.56 Å². The van der Waals surface area contributed by atoms with E-state index in [-0.39, 0.29) is 17.2 Å². The van der Waals surface area contributed by atoms with Gasteiger partial charge in [0.05, 0.1) is 35.7 Å². The monoisotopic (exact) mass is 579 g/mol. The standard InChI is InChI=1S/C35H37N3O5/c1-23-16-17-31(24(2)20-23)42-19-11-10-18-36-34(40)29-21-32(27-14-8-9-15-28(27)33(29)39)43-35-30(22-41-4)25(3)37-38(35)26-12-6-5-7-13-26/h5-9,12-17,20-21,39H,10-11,18-19,22H2,1-4H3,(H,36,40). The Morgan fingerprint density at radius 1 is 0.907 bits per heavy atom. The first-order valence-corrected chi connectivity index (χ1v) is 14.4. The van der Waals surface area contributed by atoms with E-state index < -0.39 is 0 Å². The number of phenols is 1. The Bertz CT molecular complexity index is 1730. The number of nitrogens with one attached hydrogen (secondary N) is 1. The third kappa shape index (κ3) is 6.65. The van der Waals surface area contributed by atoms with Crippen LogP contribution in [0.2, 0.25) is 0 Å². The summed E-state index contributed by atoms with van der Waals surface area (Å²) < 4.78 is 19.7. The predicted molar refractivity (Wildman–Crippen MR) is 168 cm³/mol. The second kappa shape index (κ2) is 13.4. The maximum Gasteiger partial charge on any atom is 0.255 e. The maximum atomic E-state index is 13.3. The van der Waals surface area contributed by atoms with E-state index in [0.717, 1.165) is 41.1 Å². The summed E-state index contributed by atoms with van der Waals surface area (Å²) in [7, 11) is 1.62. The van der Waals surface area contributed by atoms with Crippen LogP contribution in [0.5, 0.6) is 23.1 Å². The number of carbonyl (C=O) groups is 1. The van der Waals surface area contributed by atoms with Gasteiger partial charge in [0.2, 0.25) is 5.88 Å². The van der Waals surface area contributed by atoms with Gasteiger partial charge in [0.25, 0.3) is 5.91 Å². The van der Waals surface area contributed by atoms with Gasteiger partial charge in [0.15, 0.2) is 0 Å². The van der Waals surface area contributed by atoms with Crippen LogP contribution in [-0.2, 0) is 11.3 Å². The zero-order valence-corrected chi connectivity index (χ0v) is 25.0. The molecule has 0 saturated heterocycles. The lowest BCUT2D eigenvalue weighted by Crippen LogP contribution is -2.25. The minimum absolute atomic E-state index is 0.0940. The van der Waals surface area contributed by atoms with Crippen LogP contribution in [0.25, 0.3) is 16.5 Å². The van der Waals surface area contributed by atoms with E-state index >= 15 is 0 Å². The fourth-order valence-electron chi connectivity index (χ4n) is 5.05. The molecule has 2 N–H and O–H groups in total. The maximum absolute atomic E-state index is 13.3. The zero-order chi connectivity index (χ0) is 30.3. The topological polar surface area (TPSA) is 94.8 Å². The Labute approximate surface area is 251 Å². The highest BCUT2D eigenvalue weighted by Crippen LogP contribution is 2.40. The number of hydrogen-bond acceptors (Lipinski definition) is 6. The summed E-state index contributed by atoms with van der Waals surface area (Å²) in [6.45, 7) is 7.28. The quantitative estimate of drug-likeness (QED) is 0.152. The number of hydrogen-bond donors (Lipinski definition) is 2. The fraction of sp³-hybridized carbons (Fsp3) is 0.257. The Balaban J connectivity index is 1.35. The first-order valence-electron chi connectivity index (χ1n) is 14.4. The number of aryl methyl sites for hydroxylation is 3. The summed E-state index contributed by atoms with van der Waals surface area (Å²) in [6, 6.07) is 24.7. The minimum Gasteiger partial charge on any atom is -0.506 e. The molecule has 0 aliphatic carbocycles. The number of aromatic nitrogens is 2. The van der Waals surface area contributed by atoms with Crippen molar-refractivity contribution >= 4 is 16.7 Å². The first kappa shape index (κ1) is 29.7. The van der Waals surface area contributed by atoms with Crippen LogP contribution in [0.3, 0.4) is 0 Å². The lowest BCUT2D eigenvalue weighted by molar-refractivity contribution is 0.0949. The van der Waals surface area contributed by atoms with Gasteiger partial charge in [-0.05, 0) is 63.4 Å². The van der Waals surface area contributed by atoms with Crippen LogP contribution in [0.15, 0.2) is 78.9 Å². The molecule has 222 valence electrons. The van der Waals surface area contributed by atoms with Gasteiger partial charge in [-0.2, -0.15) is 5.10 Å². The van der Waals surface area contributed by atoms with Gasteiger partial charge in [-0.1, -0.05) is 60.2 Å². The van der Waals surface area contributed by atoms with Crippen molar-refractivity contribution in [2.45, 2.75) is 40.2 Å². The van der Waals surface area contributed by atoms with Crippen molar-refractivity contribution in [3.8, 4) is 28.8 Å². The van der Waals surface area contributed by atoms with Gasteiger partial charge in [0.1, 0.15) is 17.2 Å². The number of phenolic OH excluding ortho intramolecular Hbond substituents is 1. The average molecular weight is 580 g/mol. The van der Waals surface area contributed by atoms with Crippen molar-refractivity contribution in [3.05, 3.63) is 107 Å². The van der Waals surface area contributed by atoms with Gasteiger partial charge < -0.3 is 24.6 Å². The molecule has 0 bridgehead atoms. The molecule has 4 aromatic carbocycles. The summed E-state index contributed by atoms with van der Waals surface area (Å²) >= 11 is 0. The van der Waals surface area contributed by atoms with Crippen LogP contribution >= 0.6 is 0 Å². The number of nitrogens with zero attached hydrogens (tertiary/aromatic N) is 2. The van der Waals surface area contributed by atoms with Crippen LogP contribution in [0.1, 0.15) is 45.6 Å². The lowest BCUT2D eigenvalue weighted by atomic mass is 10.0. The third-order valence-corrected chi connectivity index (χ3v) is 7.30. The van der Waals surface area contributed by atoms with Crippen molar-refractivity contribution in [1.82, 2.24) is 15.1 Å². The van der Waals surface area contributed by atoms with Crippen molar-refractivity contribution in [2.24, 2.45) is 0 Å². The third-order valence-electron chi connectivity index (χ3n) is 7.30. The SMILES string of the molecule is COCc1c(C)nn(-c2ccccc2)c1Oc1cc(C(=O)NCCCCOc2ccc(C)cc2C)c(O)c2ccccc12. The number of carbonyl (C=O) groups excluding carboxylic acids is 1. The Morgan fingerprint density at radius 2 is 1.65 bits per heavy atom. The second-order valence-corrected chi connectivity index (χ2v) is 10.5. The van der Waals surface area contributed by atoms with Crippen LogP contribution in [0.4, 0.5) is 0 Å². The number of methoxy groups -OCH3 is 1. The molecule has 0 saturated carbocycles. The van der Waals surface area contributed by atoms with Crippen molar-refractivity contribution in [3.63, 3.8) is 0 Å². The van der Waals surface area contributed by atoms with Gasteiger partial charge in [0, 0.05) is 24.4 Å². The van der Waals surface area contributed by atoms with E-state index in [1.807, 2.05) is 74.5 Å². The number of aromatic hydroxyl groups is 1. The highest BCUT2D eigenvalue weighted by molar-refractivity contribution is 6.05. The molecule has 0 fully saturated rings. The molecule has 0 atom stereocenters. The first-order chi connectivity index (χ1) is 20.9. The molecule has 0 aliphatic heterocycles. The van der Waals surface area contributed by atoms with Crippen molar-refractivity contribution in [1.29, 1.82) is 0 Å². The number of para-hydroxylation sites is 1. The average Bonchev–Trinajstić information content (AvgIpc) is 3.32. The molecule has 1 aromatic heterocycles. The Kier molecular flexibility index (Phi) is 9.27.